The molecule has 2 rings (SSSR count). The molecule has 1 aromatic heterocycles. The lowest BCUT2D eigenvalue weighted by molar-refractivity contribution is 0.354. The van der Waals surface area contributed by atoms with Gasteiger partial charge in [0.1, 0.15) is 12.2 Å². The summed E-state index contributed by atoms with van der Waals surface area (Å²) in [5.41, 5.74) is 1.47. The number of hydrogen-bond acceptors (Lipinski definition) is 3. The SMILES string of the molecule is Cn1cnnc1CNC(C)(C)CCc1ccccc1. The van der Waals surface area contributed by atoms with Crippen molar-refractivity contribution >= 4 is 0 Å². The van der Waals surface area contributed by atoms with Crippen LogP contribution in [0.2, 0.25) is 0 Å². The van der Waals surface area contributed by atoms with Crippen molar-refractivity contribution in [1.82, 2.24) is 20.1 Å². The average Bonchev–Trinajstić information content (AvgIpc) is 2.81. The molecule has 1 aromatic carbocycles. The molecule has 102 valence electrons. The molecule has 0 aliphatic carbocycles. The molecule has 4 heteroatoms. The van der Waals surface area contributed by atoms with E-state index in [9.17, 15) is 0 Å². The third kappa shape index (κ3) is 4.17. The summed E-state index contributed by atoms with van der Waals surface area (Å²) in [5.74, 6) is 0.966. The monoisotopic (exact) mass is 258 g/mol. The summed E-state index contributed by atoms with van der Waals surface area (Å²) in [7, 11) is 1.97. The summed E-state index contributed by atoms with van der Waals surface area (Å²) in [6, 6.07) is 10.6. The summed E-state index contributed by atoms with van der Waals surface area (Å²) in [6.45, 7) is 5.21. The van der Waals surface area contributed by atoms with Crippen LogP contribution in [0.4, 0.5) is 0 Å². The zero-order valence-electron chi connectivity index (χ0n) is 11.9. The minimum Gasteiger partial charge on any atom is -0.320 e. The van der Waals surface area contributed by atoms with Gasteiger partial charge in [-0.25, -0.2) is 0 Å². The molecular weight excluding hydrogens is 236 g/mol. The Morgan fingerprint density at radius 3 is 2.58 bits per heavy atom. The van der Waals surface area contributed by atoms with E-state index < -0.39 is 0 Å². The number of benzene rings is 1. The first-order valence-electron chi connectivity index (χ1n) is 6.69. The molecule has 4 nitrogen and oxygen atoms in total. The van der Waals surface area contributed by atoms with Gasteiger partial charge in [0.05, 0.1) is 6.54 Å². The van der Waals surface area contributed by atoms with Crippen LogP contribution >= 0.6 is 0 Å². The molecule has 1 heterocycles. The molecule has 0 saturated carbocycles. The van der Waals surface area contributed by atoms with Gasteiger partial charge >= 0.3 is 0 Å². The number of aryl methyl sites for hydroxylation is 2. The van der Waals surface area contributed by atoms with Gasteiger partial charge in [-0.15, -0.1) is 10.2 Å². The van der Waals surface area contributed by atoms with Crippen molar-refractivity contribution in [1.29, 1.82) is 0 Å². The largest absolute Gasteiger partial charge is 0.320 e. The first-order chi connectivity index (χ1) is 9.07. The van der Waals surface area contributed by atoms with Crippen LogP contribution in [-0.2, 0) is 20.0 Å². The minimum atomic E-state index is 0.0851. The summed E-state index contributed by atoms with van der Waals surface area (Å²) in [4.78, 5) is 0. The van der Waals surface area contributed by atoms with Gasteiger partial charge in [-0.05, 0) is 32.3 Å². The Kier molecular flexibility index (Phi) is 4.32. The summed E-state index contributed by atoms with van der Waals surface area (Å²) in [5, 5.41) is 11.5. The van der Waals surface area contributed by atoms with Crippen molar-refractivity contribution in [3.8, 4) is 0 Å². The van der Waals surface area contributed by atoms with Crippen molar-refractivity contribution in [3.05, 3.63) is 48.0 Å². The Morgan fingerprint density at radius 2 is 1.95 bits per heavy atom. The maximum absolute atomic E-state index is 4.09. The summed E-state index contributed by atoms with van der Waals surface area (Å²) >= 11 is 0. The minimum absolute atomic E-state index is 0.0851. The van der Waals surface area contributed by atoms with Gasteiger partial charge in [0, 0.05) is 12.6 Å². The van der Waals surface area contributed by atoms with E-state index in [4.69, 9.17) is 0 Å². The molecule has 0 amide bonds. The predicted octanol–water partition coefficient (Wildman–Crippen LogP) is 2.32. The van der Waals surface area contributed by atoms with E-state index in [1.165, 1.54) is 5.56 Å². The van der Waals surface area contributed by atoms with Crippen LogP contribution in [0.5, 0.6) is 0 Å². The molecule has 0 spiro atoms. The van der Waals surface area contributed by atoms with E-state index >= 15 is 0 Å². The molecule has 0 bridgehead atoms. The second-order valence-electron chi connectivity index (χ2n) is 5.58. The van der Waals surface area contributed by atoms with Gasteiger partial charge < -0.3 is 9.88 Å². The maximum Gasteiger partial charge on any atom is 0.146 e. The van der Waals surface area contributed by atoms with E-state index in [0.717, 1.165) is 25.2 Å². The highest BCUT2D eigenvalue weighted by atomic mass is 15.3. The van der Waals surface area contributed by atoms with Crippen LogP contribution < -0.4 is 5.32 Å². The molecule has 0 fully saturated rings. The summed E-state index contributed by atoms with van der Waals surface area (Å²) < 4.78 is 1.94. The van der Waals surface area contributed by atoms with Crippen molar-refractivity contribution < 1.29 is 0 Å². The lowest BCUT2D eigenvalue weighted by Crippen LogP contribution is -2.39. The van der Waals surface area contributed by atoms with Gasteiger partial charge in [-0.3, -0.25) is 0 Å². The maximum atomic E-state index is 4.09. The Balaban J connectivity index is 1.83. The van der Waals surface area contributed by atoms with Crippen LogP contribution in [0, 0.1) is 0 Å². The fourth-order valence-electron chi connectivity index (χ4n) is 1.98. The van der Waals surface area contributed by atoms with Gasteiger partial charge in [-0.1, -0.05) is 30.3 Å². The predicted molar refractivity (Wildman–Crippen MR) is 76.7 cm³/mol. The topological polar surface area (TPSA) is 42.7 Å². The fourth-order valence-corrected chi connectivity index (χ4v) is 1.98. The highest BCUT2D eigenvalue weighted by Crippen LogP contribution is 2.14. The third-order valence-electron chi connectivity index (χ3n) is 3.41. The molecule has 0 atom stereocenters. The number of aromatic nitrogens is 3. The average molecular weight is 258 g/mol. The number of rotatable bonds is 6. The van der Waals surface area contributed by atoms with Crippen LogP contribution in [0.25, 0.3) is 0 Å². The van der Waals surface area contributed by atoms with Gasteiger partial charge in [0.25, 0.3) is 0 Å². The van der Waals surface area contributed by atoms with Crippen LogP contribution in [0.15, 0.2) is 36.7 Å². The molecule has 0 unspecified atom stereocenters. The first-order valence-corrected chi connectivity index (χ1v) is 6.69. The number of nitrogens with zero attached hydrogens (tertiary/aromatic N) is 3. The standard InChI is InChI=1S/C15H22N4/c1-15(2,10-9-13-7-5-4-6-8-13)16-11-14-18-17-12-19(14)3/h4-8,12,16H,9-11H2,1-3H3. The lowest BCUT2D eigenvalue weighted by atomic mass is 9.95. The second kappa shape index (κ2) is 5.97. The molecule has 0 saturated heterocycles. The zero-order chi connectivity index (χ0) is 13.7. The zero-order valence-corrected chi connectivity index (χ0v) is 11.9. The first kappa shape index (κ1) is 13.7. The van der Waals surface area contributed by atoms with E-state index in [2.05, 4.69) is 59.7 Å². The number of nitrogens with one attached hydrogen (secondary N) is 1. The van der Waals surface area contributed by atoms with Crippen molar-refractivity contribution in [2.24, 2.45) is 7.05 Å². The Bertz CT molecular complexity index is 502. The molecule has 1 N–H and O–H groups in total. The van der Waals surface area contributed by atoms with Crippen molar-refractivity contribution in [2.45, 2.75) is 38.8 Å². The lowest BCUT2D eigenvalue weighted by Gasteiger charge is -2.26. The Morgan fingerprint density at radius 1 is 1.21 bits per heavy atom. The van der Waals surface area contributed by atoms with Gasteiger partial charge in [0.15, 0.2) is 0 Å². The van der Waals surface area contributed by atoms with E-state index in [1.54, 1.807) is 6.33 Å². The quantitative estimate of drug-likeness (QED) is 0.864. The van der Waals surface area contributed by atoms with E-state index in [1.807, 2.05) is 11.6 Å². The third-order valence-corrected chi connectivity index (χ3v) is 3.41. The fraction of sp³-hybridized carbons (Fsp3) is 0.467. The molecule has 0 radical (unpaired) electrons. The normalized spacial score (nSPS) is 11.7. The molecule has 0 aliphatic heterocycles. The molecule has 19 heavy (non-hydrogen) atoms. The molecular formula is C15H22N4. The highest BCUT2D eigenvalue weighted by Gasteiger charge is 2.17. The second-order valence-corrected chi connectivity index (χ2v) is 5.58. The Labute approximate surface area is 114 Å². The van der Waals surface area contributed by atoms with Crippen molar-refractivity contribution in [2.75, 3.05) is 0 Å². The van der Waals surface area contributed by atoms with Gasteiger partial charge in [0.2, 0.25) is 0 Å². The van der Waals surface area contributed by atoms with Crippen LogP contribution in [-0.4, -0.2) is 20.3 Å². The van der Waals surface area contributed by atoms with Crippen LogP contribution in [0.1, 0.15) is 31.7 Å². The summed E-state index contributed by atoms with van der Waals surface area (Å²) in [6.07, 6.45) is 3.91. The smallest absolute Gasteiger partial charge is 0.146 e. The Hall–Kier alpha value is -1.68. The molecule has 0 aliphatic rings. The molecule has 2 aromatic rings. The van der Waals surface area contributed by atoms with E-state index in [-0.39, 0.29) is 5.54 Å². The number of hydrogen-bond donors (Lipinski definition) is 1. The van der Waals surface area contributed by atoms with E-state index in [0.29, 0.717) is 0 Å². The van der Waals surface area contributed by atoms with Crippen LogP contribution in [0.3, 0.4) is 0 Å². The van der Waals surface area contributed by atoms with Gasteiger partial charge in [-0.2, -0.15) is 0 Å². The van der Waals surface area contributed by atoms with Crippen molar-refractivity contribution in [3.63, 3.8) is 0 Å². The highest BCUT2D eigenvalue weighted by molar-refractivity contribution is 5.15.